The molecule has 5 rings (SSSR count). The second-order valence-corrected chi connectivity index (χ2v) is 6.98. The highest BCUT2D eigenvalue weighted by atomic mass is 19.1. The predicted molar refractivity (Wildman–Crippen MR) is 110 cm³/mol. The number of benzene rings is 4. The van der Waals surface area contributed by atoms with Crippen molar-refractivity contribution < 1.29 is 9.18 Å². The van der Waals surface area contributed by atoms with E-state index in [9.17, 15) is 9.18 Å². The van der Waals surface area contributed by atoms with Crippen LogP contribution in [0.4, 0.5) is 4.39 Å². The molecule has 0 amide bonds. The van der Waals surface area contributed by atoms with Gasteiger partial charge in [-0.1, -0.05) is 48.5 Å². The molecule has 136 valence electrons. The van der Waals surface area contributed by atoms with Crippen molar-refractivity contribution in [1.29, 1.82) is 0 Å². The van der Waals surface area contributed by atoms with Crippen molar-refractivity contribution in [2.45, 2.75) is 5.92 Å². The largest absolute Gasteiger partial charge is 0.309 e. The Balaban J connectivity index is 1.69. The lowest BCUT2D eigenvalue weighted by Crippen LogP contribution is -2.22. The van der Waals surface area contributed by atoms with Gasteiger partial charge in [0.05, 0.1) is 5.92 Å². The van der Waals surface area contributed by atoms with Crippen molar-refractivity contribution in [3.8, 4) is 0 Å². The molecule has 4 heteroatoms. The minimum Gasteiger partial charge on any atom is -0.309 e. The van der Waals surface area contributed by atoms with Crippen LogP contribution in [0.15, 0.2) is 84.0 Å². The molecule has 0 fully saturated rings. The van der Waals surface area contributed by atoms with E-state index in [1.807, 2.05) is 24.3 Å². The Morgan fingerprint density at radius 2 is 1.50 bits per heavy atom. The standard InChI is InChI=1S/C24H17FN2O/c25-18-11-9-15(10-12-18)24(28)23-21(14-26-27-23)22-19-7-3-1-5-16(19)13-17-6-2-4-8-20(17)22/h1-13,21,26H,14H2. The van der Waals surface area contributed by atoms with Gasteiger partial charge in [0.15, 0.2) is 0 Å². The third-order valence-corrected chi connectivity index (χ3v) is 5.33. The maximum Gasteiger partial charge on any atom is 0.209 e. The van der Waals surface area contributed by atoms with Gasteiger partial charge in [-0.05, 0) is 57.4 Å². The number of carbonyl (C=O) groups excluding carboxylic acids is 1. The van der Waals surface area contributed by atoms with Crippen LogP contribution in [0.5, 0.6) is 0 Å². The van der Waals surface area contributed by atoms with Crippen LogP contribution in [-0.2, 0) is 0 Å². The Morgan fingerprint density at radius 3 is 2.14 bits per heavy atom. The van der Waals surface area contributed by atoms with Gasteiger partial charge in [-0.3, -0.25) is 4.79 Å². The molecule has 1 N–H and O–H groups in total. The highest BCUT2D eigenvalue weighted by molar-refractivity contribution is 6.48. The molecule has 1 aliphatic heterocycles. The summed E-state index contributed by atoms with van der Waals surface area (Å²) in [5, 5.41) is 8.84. The van der Waals surface area contributed by atoms with E-state index in [0.717, 1.165) is 27.1 Å². The van der Waals surface area contributed by atoms with Gasteiger partial charge < -0.3 is 5.43 Å². The van der Waals surface area contributed by atoms with Crippen LogP contribution in [0, 0.1) is 5.82 Å². The zero-order valence-electron chi connectivity index (χ0n) is 15.0. The smallest absolute Gasteiger partial charge is 0.209 e. The van der Waals surface area contributed by atoms with E-state index in [1.165, 1.54) is 24.3 Å². The van der Waals surface area contributed by atoms with E-state index in [4.69, 9.17) is 0 Å². The van der Waals surface area contributed by atoms with Gasteiger partial charge >= 0.3 is 0 Å². The highest BCUT2D eigenvalue weighted by Crippen LogP contribution is 2.36. The first-order valence-corrected chi connectivity index (χ1v) is 9.23. The summed E-state index contributed by atoms with van der Waals surface area (Å²) in [6.45, 7) is 0.556. The van der Waals surface area contributed by atoms with E-state index in [1.54, 1.807) is 0 Å². The molecule has 1 unspecified atom stereocenters. The van der Waals surface area contributed by atoms with E-state index in [0.29, 0.717) is 17.8 Å². The summed E-state index contributed by atoms with van der Waals surface area (Å²) < 4.78 is 13.3. The average Bonchev–Trinajstić information content (AvgIpc) is 3.21. The summed E-state index contributed by atoms with van der Waals surface area (Å²) in [6, 6.07) is 24.2. The van der Waals surface area contributed by atoms with Crippen LogP contribution in [0.1, 0.15) is 21.8 Å². The average molecular weight is 368 g/mol. The van der Waals surface area contributed by atoms with Gasteiger partial charge in [-0.15, -0.1) is 0 Å². The fourth-order valence-electron chi connectivity index (χ4n) is 4.02. The molecule has 4 aromatic carbocycles. The van der Waals surface area contributed by atoms with Gasteiger partial charge in [-0.2, -0.15) is 5.10 Å². The lowest BCUT2D eigenvalue weighted by Gasteiger charge is -2.18. The monoisotopic (exact) mass is 368 g/mol. The number of Topliss-reactive ketones (excluding diaryl/α,β-unsaturated/α-hetero) is 1. The van der Waals surface area contributed by atoms with Crippen LogP contribution in [0.25, 0.3) is 21.5 Å². The number of hydrogen-bond acceptors (Lipinski definition) is 3. The Hall–Kier alpha value is -3.53. The Bertz CT molecular complexity index is 1190. The first kappa shape index (κ1) is 16.6. The number of hydrazone groups is 1. The van der Waals surface area contributed by atoms with Crippen LogP contribution >= 0.6 is 0 Å². The molecule has 3 nitrogen and oxygen atoms in total. The molecule has 0 radical (unpaired) electrons. The summed E-state index contributed by atoms with van der Waals surface area (Å²) >= 11 is 0. The topological polar surface area (TPSA) is 41.5 Å². The molecule has 1 atom stereocenters. The van der Waals surface area contributed by atoms with Crippen LogP contribution in [0.3, 0.4) is 0 Å². The van der Waals surface area contributed by atoms with Gasteiger partial charge in [0.2, 0.25) is 5.78 Å². The van der Waals surface area contributed by atoms with Gasteiger partial charge in [0.25, 0.3) is 0 Å². The third-order valence-electron chi connectivity index (χ3n) is 5.33. The second kappa shape index (κ2) is 6.57. The maximum atomic E-state index is 13.3. The molecule has 4 aromatic rings. The molecule has 0 saturated carbocycles. The van der Waals surface area contributed by atoms with Gasteiger partial charge in [-0.25, -0.2) is 4.39 Å². The number of halogens is 1. The minimum atomic E-state index is -0.361. The molecule has 0 aliphatic carbocycles. The summed E-state index contributed by atoms with van der Waals surface area (Å²) in [5.74, 6) is -0.708. The Morgan fingerprint density at radius 1 is 0.893 bits per heavy atom. The molecule has 0 spiro atoms. The molecule has 0 bridgehead atoms. The van der Waals surface area contributed by atoms with Crippen molar-refractivity contribution in [3.63, 3.8) is 0 Å². The second-order valence-electron chi connectivity index (χ2n) is 6.98. The summed E-state index contributed by atoms with van der Waals surface area (Å²) in [6.07, 6.45) is 0. The van der Waals surface area contributed by atoms with E-state index in [-0.39, 0.29) is 17.5 Å². The first-order valence-electron chi connectivity index (χ1n) is 9.23. The number of rotatable bonds is 3. The number of nitrogens with zero attached hydrogens (tertiary/aromatic N) is 1. The highest BCUT2D eigenvalue weighted by Gasteiger charge is 2.31. The van der Waals surface area contributed by atoms with Crippen molar-refractivity contribution in [3.05, 3.63) is 95.8 Å². The van der Waals surface area contributed by atoms with Gasteiger partial charge in [0.1, 0.15) is 11.5 Å². The number of carbonyl (C=O) groups is 1. The normalized spacial score (nSPS) is 16.2. The lowest BCUT2D eigenvalue weighted by atomic mass is 9.84. The first-order chi connectivity index (χ1) is 13.7. The Labute approximate surface area is 161 Å². The lowest BCUT2D eigenvalue weighted by molar-refractivity contribution is 0.106. The van der Waals surface area contributed by atoms with E-state index in [2.05, 4.69) is 40.9 Å². The number of ketones is 1. The maximum absolute atomic E-state index is 13.3. The molecule has 28 heavy (non-hydrogen) atoms. The number of fused-ring (bicyclic) bond motifs is 2. The zero-order valence-corrected chi connectivity index (χ0v) is 15.0. The van der Waals surface area contributed by atoms with Crippen LogP contribution < -0.4 is 5.43 Å². The van der Waals surface area contributed by atoms with E-state index >= 15 is 0 Å². The molecular weight excluding hydrogens is 351 g/mol. The number of hydrogen-bond donors (Lipinski definition) is 1. The molecule has 1 heterocycles. The zero-order chi connectivity index (χ0) is 19.1. The molecule has 0 aromatic heterocycles. The van der Waals surface area contributed by atoms with Crippen LogP contribution in [0.2, 0.25) is 0 Å². The molecule has 0 saturated heterocycles. The summed E-state index contributed by atoms with van der Waals surface area (Å²) in [5.41, 5.74) is 5.02. The SMILES string of the molecule is O=C(C1=NNCC1c1c2ccccc2cc2ccccc12)c1ccc(F)cc1. The van der Waals surface area contributed by atoms with Crippen LogP contribution in [-0.4, -0.2) is 18.0 Å². The third kappa shape index (κ3) is 2.65. The van der Waals surface area contributed by atoms with Crippen molar-refractivity contribution >= 4 is 33.0 Å². The van der Waals surface area contributed by atoms with Crippen molar-refractivity contribution in [2.75, 3.05) is 6.54 Å². The summed E-state index contributed by atoms with van der Waals surface area (Å²) in [7, 11) is 0. The summed E-state index contributed by atoms with van der Waals surface area (Å²) in [4.78, 5) is 13.1. The fraction of sp³-hybridized carbons (Fsp3) is 0.0833. The quantitative estimate of drug-likeness (QED) is 0.406. The van der Waals surface area contributed by atoms with E-state index < -0.39 is 0 Å². The Kier molecular flexibility index (Phi) is 3.90. The minimum absolute atomic E-state index is 0.173. The predicted octanol–water partition coefficient (Wildman–Crippen LogP) is 5.06. The van der Waals surface area contributed by atoms with Gasteiger partial charge in [0, 0.05) is 12.1 Å². The molecule has 1 aliphatic rings. The number of nitrogens with one attached hydrogen (secondary N) is 1. The van der Waals surface area contributed by atoms with Crippen molar-refractivity contribution in [1.82, 2.24) is 5.43 Å². The molecular formula is C24H17FN2O. The fourth-order valence-corrected chi connectivity index (χ4v) is 4.02. The van der Waals surface area contributed by atoms with Crippen molar-refractivity contribution in [2.24, 2.45) is 5.10 Å².